The Labute approximate surface area is 160 Å². The first-order valence-corrected chi connectivity index (χ1v) is 8.70. The van der Waals surface area contributed by atoms with Crippen molar-refractivity contribution in [2.45, 2.75) is 6.04 Å². The van der Waals surface area contributed by atoms with Crippen molar-refractivity contribution < 1.29 is 4.74 Å². The van der Waals surface area contributed by atoms with Crippen molar-refractivity contribution >= 4 is 41.7 Å². The van der Waals surface area contributed by atoms with Crippen molar-refractivity contribution in [2.24, 2.45) is 10.7 Å². The highest BCUT2D eigenvalue weighted by molar-refractivity contribution is 14.0. The van der Waals surface area contributed by atoms with E-state index in [1.54, 1.807) is 7.11 Å². The molecule has 1 fully saturated rings. The highest BCUT2D eigenvalue weighted by Crippen LogP contribution is 2.23. The summed E-state index contributed by atoms with van der Waals surface area (Å²) >= 11 is 1.97. The quantitative estimate of drug-likeness (QED) is 0.424. The maximum Gasteiger partial charge on any atom is 0.191 e. The highest BCUT2D eigenvalue weighted by atomic mass is 127. The molecule has 0 aromatic heterocycles. The van der Waals surface area contributed by atoms with Gasteiger partial charge in [-0.1, -0.05) is 12.1 Å². The van der Waals surface area contributed by atoms with Gasteiger partial charge in [0.25, 0.3) is 0 Å². The third-order valence-electron chi connectivity index (χ3n) is 3.86. The minimum Gasteiger partial charge on any atom is -0.497 e. The molecule has 2 N–H and O–H groups in total. The van der Waals surface area contributed by atoms with E-state index >= 15 is 0 Å². The summed E-state index contributed by atoms with van der Waals surface area (Å²) in [5, 5.41) is 0. The summed E-state index contributed by atoms with van der Waals surface area (Å²) in [7, 11) is 5.81. The number of rotatable bonds is 5. The molecule has 1 heterocycles. The van der Waals surface area contributed by atoms with E-state index in [2.05, 4.69) is 41.0 Å². The molecule has 0 bridgehead atoms. The van der Waals surface area contributed by atoms with Gasteiger partial charge in [-0.05, 0) is 31.8 Å². The fraction of sp³-hybridized carbons (Fsp3) is 0.562. The molecule has 0 spiro atoms. The van der Waals surface area contributed by atoms with Gasteiger partial charge in [0.2, 0.25) is 0 Å². The van der Waals surface area contributed by atoms with Gasteiger partial charge in [-0.2, -0.15) is 11.8 Å². The predicted octanol–water partition coefficient (Wildman–Crippen LogP) is 2.28. The van der Waals surface area contributed by atoms with Crippen LogP contribution in [0.4, 0.5) is 0 Å². The van der Waals surface area contributed by atoms with Crippen LogP contribution in [0.2, 0.25) is 0 Å². The molecule has 1 aromatic rings. The molecule has 1 aliphatic rings. The topological polar surface area (TPSA) is 54.1 Å². The Morgan fingerprint density at radius 1 is 1.39 bits per heavy atom. The second kappa shape index (κ2) is 10.2. The predicted molar refractivity (Wildman–Crippen MR) is 110 cm³/mol. The lowest BCUT2D eigenvalue weighted by atomic mass is 10.1. The molecule has 7 heteroatoms. The van der Waals surface area contributed by atoms with E-state index < -0.39 is 0 Å². The average Bonchev–Trinajstić information content (AvgIpc) is 2.55. The Balaban J connectivity index is 0.00000264. The molecule has 1 atom stereocenters. The van der Waals surface area contributed by atoms with Crippen LogP contribution in [-0.2, 0) is 0 Å². The molecule has 1 aromatic carbocycles. The largest absolute Gasteiger partial charge is 0.497 e. The molecular formula is C16H27IN4OS. The normalized spacial score (nSPS) is 16.9. The first-order valence-electron chi connectivity index (χ1n) is 7.55. The SMILES string of the molecule is COc1cccc(C(CN=C(N)N2CCSCC2)N(C)C)c1.I. The van der Waals surface area contributed by atoms with Gasteiger partial charge in [-0.3, -0.25) is 4.99 Å². The number of aliphatic imine (C=N–C) groups is 1. The number of hydrogen-bond donors (Lipinski definition) is 1. The van der Waals surface area contributed by atoms with Gasteiger partial charge in [0.15, 0.2) is 5.96 Å². The Morgan fingerprint density at radius 3 is 2.70 bits per heavy atom. The number of nitrogens with zero attached hydrogens (tertiary/aromatic N) is 3. The van der Waals surface area contributed by atoms with E-state index in [4.69, 9.17) is 10.5 Å². The minimum atomic E-state index is 0. The third kappa shape index (κ3) is 6.04. The van der Waals surface area contributed by atoms with Crippen LogP contribution >= 0.6 is 35.7 Å². The Hall–Kier alpha value is -0.670. The van der Waals surface area contributed by atoms with Crippen molar-refractivity contribution in [2.75, 3.05) is 52.3 Å². The molecule has 0 saturated carbocycles. The number of hydrogen-bond acceptors (Lipinski definition) is 4. The first-order chi connectivity index (χ1) is 10.6. The summed E-state index contributed by atoms with van der Waals surface area (Å²) in [5.74, 6) is 3.79. The van der Waals surface area contributed by atoms with Gasteiger partial charge >= 0.3 is 0 Å². The summed E-state index contributed by atoms with van der Waals surface area (Å²) in [5.41, 5.74) is 7.34. The van der Waals surface area contributed by atoms with E-state index in [1.807, 2.05) is 23.9 Å². The minimum absolute atomic E-state index is 0. The van der Waals surface area contributed by atoms with Gasteiger partial charge in [-0.25, -0.2) is 0 Å². The zero-order valence-electron chi connectivity index (χ0n) is 14.1. The second-order valence-electron chi connectivity index (χ2n) is 5.55. The Morgan fingerprint density at radius 2 is 2.09 bits per heavy atom. The van der Waals surface area contributed by atoms with Gasteiger partial charge in [0.05, 0.1) is 19.7 Å². The van der Waals surface area contributed by atoms with E-state index in [0.717, 1.165) is 30.3 Å². The molecule has 1 aliphatic heterocycles. The molecule has 130 valence electrons. The Bertz CT molecular complexity index is 507. The van der Waals surface area contributed by atoms with Crippen LogP contribution in [0.25, 0.3) is 0 Å². The summed E-state index contributed by atoms with van der Waals surface area (Å²) in [4.78, 5) is 8.97. The molecular weight excluding hydrogens is 423 g/mol. The Kier molecular flexibility index (Phi) is 9.08. The van der Waals surface area contributed by atoms with Gasteiger partial charge < -0.3 is 20.3 Å². The number of halogens is 1. The fourth-order valence-corrected chi connectivity index (χ4v) is 3.39. The van der Waals surface area contributed by atoms with E-state index in [-0.39, 0.29) is 30.0 Å². The van der Waals surface area contributed by atoms with E-state index in [9.17, 15) is 0 Å². The fourth-order valence-electron chi connectivity index (χ4n) is 2.49. The van der Waals surface area contributed by atoms with Crippen molar-refractivity contribution in [1.29, 1.82) is 0 Å². The number of nitrogens with two attached hydrogens (primary N) is 1. The molecule has 0 aliphatic carbocycles. The number of benzene rings is 1. The van der Waals surface area contributed by atoms with Crippen LogP contribution in [0.5, 0.6) is 5.75 Å². The van der Waals surface area contributed by atoms with Gasteiger partial charge in [-0.15, -0.1) is 24.0 Å². The number of ether oxygens (including phenoxy) is 1. The highest BCUT2D eigenvalue weighted by Gasteiger charge is 2.16. The lowest BCUT2D eigenvalue weighted by molar-refractivity contribution is 0.304. The second-order valence-corrected chi connectivity index (χ2v) is 6.78. The number of methoxy groups -OCH3 is 1. The van der Waals surface area contributed by atoms with Gasteiger partial charge in [0.1, 0.15) is 5.75 Å². The van der Waals surface area contributed by atoms with Crippen LogP contribution in [0.3, 0.4) is 0 Å². The van der Waals surface area contributed by atoms with Crippen molar-refractivity contribution in [3.8, 4) is 5.75 Å². The molecule has 5 nitrogen and oxygen atoms in total. The first kappa shape index (κ1) is 20.4. The lowest BCUT2D eigenvalue weighted by Gasteiger charge is -2.28. The van der Waals surface area contributed by atoms with E-state index in [0.29, 0.717) is 12.5 Å². The number of guanidine groups is 1. The van der Waals surface area contributed by atoms with Crippen LogP contribution < -0.4 is 10.5 Å². The smallest absolute Gasteiger partial charge is 0.191 e. The summed E-state index contributed by atoms with van der Waals surface area (Å²) in [6, 6.07) is 8.33. The monoisotopic (exact) mass is 450 g/mol. The van der Waals surface area contributed by atoms with Crippen LogP contribution in [0, 0.1) is 0 Å². The average molecular weight is 450 g/mol. The van der Waals surface area contributed by atoms with E-state index in [1.165, 1.54) is 5.56 Å². The zero-order chi connectivity index (χ0) is 15.9. The molecule has 1 saturated heterocycles. The third-order valence-corrected chi connectivity index (χ3v) is 4.81. The zero-order valence-corrected chi connectivity index (χ0v) is 17.2. The summed E-state index contributed by atoms with van der Waals surface area (Å²) in [6.07, 6.45) is 0. The lowest BCUT2D eigenvalue weighted by Crippen LogP contribution is -2.43. The molecule has 2 rings (SSSR count). The van der Waals surface area contributed by atoms with Crippen LogP contribution in [-0.4, -0.2) is 68.1 Å². The standard InChI is InChI=1S/C16H26N4OS.HI/c1-19(2)15(13-5-4-6-14(11-13)21-3)12-18-16(17)20-7-9-22-10-8-20;/h4-6,11,15H,7-10,12H2,1-3H3,(H2,17,18);1H. The summed E-state index contributed by atoms with van der Waals surface area (Å²) in [6.45, 7) is 2.63. The van der Waals surface area contributed by atoms with Crippen LogP contribution in [0.15, 0.2) is 29.3 Å². The molecule has 1 unspecified atom stereocenters. The maximum atomic E-state index is 6.15. The van der Waals surface area contributed by atoms with Crippen LogP contribution in [0.1, 0.15) is 11.6 Å². The van der Waals surface area contributed by atoms with Crippen molar-refractivity contribution in [3.63, 3.8) is 0 Å². The molecule has 0 radical (unpaired) electrons. The maximum absolute atomic E-state index is 6.15. The van der Waals surface area contributed by atoms with Crippen molar-refractivity contribution in [1.82, 2.24) is 9.80 Å². The number of thioether (sulfide) groups is 1. The number of likely N-dealkylation sites (N-methyl/N-ethyl adjacent to an activating group) is 1. The molecule has 23 heavy (non-hydrogen) atoms. The van der Waals surface area contributed by atoms with Gasteiger partial charge in [0, 0.05) is 24.6 Å². The molecule has 0 amide bonds. The summed E-state index contributed by atoms with van der Waals surface area (Å²) < 4.78 is 5.32. The van der Waals surface area contributed by atoms with Crippen molar-refractivity contribution in [3.05, 3.63) is 29.8 Å².